The number of anilines is 2. The summed E-state index contributed by atoms with van der Waals surface area (Å²) in [5.41, 5.74) is 10.2. The highest BCUT2D eigenvalue weighted by atomic mass is 16.1. The van der Waals surface area contributed by atoms with E-state index in [-0.39, 0.29) is 23.6 Å². The predicted molar refractivity (Wildman–Crippen MR) is 48.1 cm³/mol. The van der Waals surface area contributed by atoms with Crippen LogP contribution in [0.1, 0.15) is 0 Å². The Labute approximate surface area is 73.7 Å². The number of aryl methyl sites for hydroxylation is 1. The summed E-state index contributed by atoms with van der Waals surface area (Å²) >= 11 is 0. The number of primary amides is 1. The van der Waals surface area contributed by atoms with Crippen LogP contribution in [0.15, 0.2) is 4.79 Å². The molecular weight excluding hydrogens is 174 g/mol. The fourth-order valence-corrected chi connectivity index (χ4v) is 0.899. The van der Waals surface area contributed by atoms with Crippen LogP contribution in [0.3, 0.4) is 0 Å². The molecule has 0 bridgehead atoms. The van der Waals surface area contributed by atoms with E-state index in [1.54, 1.807) is 7.05 Å². The number of carbonyl (C=O) groups is 1. The number of aromatic nitrogens is 2. The Balaban J connectivity index is 2.88. The minimum atomic E-state index is -0.553. The standard InChI is InChI=1S/C6H11N5O2/c1-11-5(8)4(6(13)10-11)9-2-3(7)12/h9H,2,8H2,1H3,(H2,7,12)(H,10,13). The van der Waals surface area contributed by atoms with Crippen LogP contribution < -0.4 is 22.3 Å². The summed E-state index contributed by atoms with van der Waals surface area (Å²) in [6, 6.07) is 0. The maximum absolute atomic E-state index is 11.1. The highest BCUT2D eigenvalue weighted by Gasteiger charge is 2.09. The van der Waals surface area contributed by atoms with Gasteiger partial charge in [-0.2, -0.15) is 0 Å². The third-order valence-corrected chi connectivity index (χ3v) is 1.55. The minimum absolute atomic E-state index is 0.114. The van der Waals surface area contributed by atoms with Crippen LogP contribution >= 0.6 is 0 Å². The average Bonchev–Trinajstić information content (AvgIpc) is 2.24. The van der Waals surface area contributed by atoms with E-state index in [9.17, 15) is 9.59 Å². The predicted octanol–water partition coefficient (Wildman–Crippen LogP) is -1.81. The number of nitrogen functional groups attached to an aromatic ring is 1. The molecule has 0 atom stereocenters. The average molecular weight is 185 g/mol. The molecule has 0 unspecified atom stereocenters. The van der Waals surface area contributed by atoms with Crippen molar-refractivity contribution in [1.82, 2.24) is 9.78 Å². The number of aromatic amines is 1. The van der Waals surface area contributed by atoms with E-state index >= 15 is 0 Å². The molecule has 0 spiro atoms. The van der Waals surface area contributed by atoms with Crippen molar-refractivity contribution in [3.8, 4) is 0 Å². The normalized spacial score (nSPS) is 9.92. The van der Waals surface area contributed by atoms with Crippen molar-refractivity contribution >= 4 is 17.4 Å². The Morgan fingerprint density at radius 3 is 2.69 bits per heavy atom. The first-order valence-corrected chi connectivity index (χ1v) is 3.59. The summed E-state index contributed by atoms with van der Waals surface area (Å²) in [6.45, 7) is -0.114. The van der Waals surface area contributed by atoms with Gasteiger partial charge in [0.25, 0.3) is 5.56 Å². The molecular formula is C6H11N5O2. The lowest BCUT2D eigenvalue weighted by molar-refractivity contribution is -0.116. The third-order valence-electron chi connectivity index (χ3n) is 1.55. The lowest BCUT2D eigenvalue weighted by Crippen LogP contribution is -2.24. The van der Waals surface area contributed by atoms with Crippen molar-refractivity contribution in [3.63, 3.8) is 0 Å². The number of carbonyl (C=O) groups excluding carboxylic acids is 1. The fraction of sp³-hybridized carbons (Fsp3) is 0.333. The number of nitrogens with two attached hydrogens (primary N) is 2. The second-order valence-electron chi connectivity index (χ2n) is 2.58. The minimum Gasteiger partial charge on any atom is -0.382 e. The molecule has 6 N–H and O–H groups in total. The second kappa shape index (κ2) is 3.21. The largest absolute Gasteiger partial charge is 0.382 e. The van der Waals surface area contributed by atoms with Gasteiger partial charge in [-0.05, 0) is 0 Å². The topological polar surface area (TPSA) is 119 Å². The zero-order valence-corrected chi connectivity index (χ0v) is 7.13. The number of H-pyrrole nitrogens is 1. The van der Waals surface area contributed by atoms with Crippen LogP contribution in [0, 0.1) is 0 Å². The van der Waals surface area contributed by atoms with Gasteiger partial charge in [-0.15, -0.1) is 0 Å². The Morgan fingerprint density at radius 2 is 2.31 bits per heavy atom. The molecule has 0 fully saturated rings. The Morgan fingerprint density at radius 1 is 1.69 bits per heavy atom. The number of hydrogen-bond donors (Lipinski definition) is 4. The molecule has 1 rings (SSSR count). The molecule has 0 saturated carbocycles. The molecule has 7 heteroatoms. The first kappa shape index (κ1) is 9.17. The van der Waals surface area contributed by atoms with Gasteiger partial charge >= 0.3 is 0 Å². The van der Waals surface area contributed by atoms with Gasteiger partial charge in [0.2, 0.25) is 5.91 Å². The van der Waals surface area contributed by atoms with Gasteiger partial charge in [0, 0.05) is 7.05 Å². The summed E-state index contributed by atoms with van der Waals surface area (Å²) in [4.78, 5) is 21.5. The smallest absolute Gasteiger partial charge is 0.289 e. The van der Waals surface area contributed by atoms with Gasteiger partial charge in [0.05, 0.1) is 6.54 Å². The first-order valence-electron chi connectivity index (χ1n) is 3.59. The summed E-state index contributed by atoms with van der Waals surface area (Å²) in [5, 5.41) is 4.96. The molecule has 0 aliphatic carbocycles. The van der Waals surface area contributed by atoms with Crippen LogP contribution in [-0.2, 0) is 11.8 Å². The van der Waals surface area contributed by atoms with E-state index in [1.807, 2.05) is 0 Å². The molecule has 7 nitrogen and oxygen atoms in total. The third kappa shape index (κ3) is 1.81. The molecule has 0 aromatic carbocycles. The number of amides is 1. The van der Waals surface area contributed by atoms with Crippen molar-refractivity contribution in [2.45, 2.75) is 0 Å². The number of nitrogens with zero attached hydrogens (tertiary/aromatic N) is 1. The monoisotopic (exact) mass is 185 g/mol. The van der Waals surface area contributed by atoms with E-state index in [0.717, 1.165) is 0 Å². The highest BCUT2D eigenvalue weighted by molar-refractivity contribution is 5.79. The summed E-state index contributed by atoms with van der Waals surface area (Å²) in [7, 11) is 1.59. The van der Waals surface area contributed by atoms with Crippen molar-refractivity contribution < 1.29 is 4.79 Å². The fourth-order valence-electron chi connectivity index (χ4n) is 0.899. The van der Waals surface area contributed by atoms with E-state index in [0.29, 0.717) is 0 Å². The van der Waals surface area contributed by atoms with Crippen molar-refractivity contribution in [2.75, 3.05) is 17.6 Å². The Bertz CT molecular complexity index is 377. The lowest BCUT2D eigenvalue weighted by Gasteiger charge is -2.00. The summed E-state index contributed by atoms with van der Waals surface area (Å²) < 4.78 is 1.35. The Kier molecular flexibility index (Phi) is 2.27. The van der Waals surface area contributed by atoms with E-state index in [1.165, 1.54) is 4.68 Å². The summed E-state index contributed by atoms with van der Waals surface area (Å²) in [5.74, 6) is -0.311. The van der Waals surface area contributed by atoms with Crippen molar-refractivity contribution in [1.29, 1.82) is 0 Å². The molecule has 1 aromatic rings. The first-order chi connectivity index (χ1) is 6.02. The number of rotatable bonds is 3. The molecule has 1 aromatic heterocycles. The SMILES string of the molecule is Cn1[nH]c(=O)c(NCC(N)=O)c1N. The second-order valence-corrected chi connectivity index (χ2v) is 2.58. The van der Waals surface area contributed by atoms with E-state index in [2.05, 4.69) is 10.4 Å². The van der Waals surface area contributed by atoms with Gasteiger partial charge in [-0.3, -0.25) is 19.4 Å². The van der Waals surface area contributed by atoms with Crippen LogP contribution in [-0.4, -0.2) is 22.2 Å². The van der Waals surface area contributed by atoms with Crippen LogP contribution in [0.25, 0.3) is 0 Å². The zero-order valence-electron chi connectivity index (χ0n) is 7.13. The van der Waals surface area contributed by atoms with Crippen molar-refractivity contribution in [2.24, 2.45) is 12.8 Å². The number of hydrogen-bond acceptors (Lipinski definition) is 4. The van der Waals surface area contributed by atoms with Gasteiger partial charge < -0.3 is 16.8 Å². The van der Waals surface area contributed by atoms with Gasteiger partial charge in [-0.25, -0.2) is 0 Å². The van der Waals surface area contributed by atoms with Crippen LogP contribution in [0.4, 0.5) is 11.5 Å². The zero-order chi connectivity index (χ0) is 10.0. The molecule has 72 valence electrons. The van der Waals surface area contributed by atoms with Gasteiger partial charge in [-0.1, -0.05) is 0 Å². The lowest BCUT2D eigenvalue weighted by atomic mass is 10.4. The van der Waals surface area contributed by atoms with Gasteiger partial charge in [0.15, 0.2) is 0 Å². The quantitative estimate of drug-likeness (QED) is 0.443. The molecule has 0 saturated heterocycles. The highest BCUT2D eigenvalue weighted by Crippen LogP contribution is 2.09. The molecule has 13 heavy (non-hydrogen) atoms. The maximum Gasteiger partial charge on any atom is 0.289 e. The van der Waals surface area contributed by atoms with Gasteiger partial charge in [0.1, 0.15) is 11.5 Å². The van der Waals surface area contributed by atoms with E-state index < -0.39 is 5.91 Å². The maximum atomic E-state index is 11.1. The molecule has 0 aliphatic rings. The molecule has 1 heterocycles. The van der Waals surface area contributed by atoms with Crippen LogP contribution in [0.2, 0.25) is 0 Å². The summed E-state index contributed by atoms with van der Waals surface area (Å²) in [6.07, 6.45) is 0. The Hall–Kier alpha value is -1.92. The van der Waals surface area contributed by atoms with Crippen molar-refractivity contribution in [3.05, 3.63) is 10.4 Å². The number of nitrogens with one attached hydrogen (secondary N) is 2. The molecule has 0 radical (unpaired) electrons. The van der Waals surface area contributed by atoms with Crippen LogP contribution in [0.5, 0.6) is 0 Å². The molecule has 0 aliphatic heterocycles. The van der Waals surface area contributed by atoms with E-state index in [4.69, 9.17) is 11.5 Å². The molecule has 1 amide bonds.